The highest BCUT2D eigenvalue weighted by Crippen LogP contribution is 2.34. The van der Waals surface area contributed by atoms with Crippen molar-refractivity contribution in [1.82, 2.24) is 5.32 Å². The van der Waals surface area contributed by atoms with Crippen LogP contribution in [-0.4, -0.2) is 33.6 Å². The van der Waals surface area contributed by atoms with Crippen molar-refractivity contribution < 1.29 is 21.6 Å². The van der Waals surface area contributed by atoms with Crippen LogP contribution in [0.1, 0.15) is 12.8 Å². The Hall–Kier alpha value is -1.28. The highest BCUT2D eigenvalue weighted by Gasteiger charge is 2.47. The van der Waals surface area contributed by atoms with E-state index in [-0.39, 0.29) is 5.69 Å². The van der Waals surface area contributed by atoms with Gasteiger partial charge in [0.15, 0.2) is 0 Å². The van der Waals surface area contributed by atoms with Crippen LogP contribution < -0.4 is 10.6 Å². The van der Waals surface area contributed by atoms with Crippen LogP contribution in [0.3, 0.4) is 0 Å². The van der Waals surface area contributed by atoms with Gasteiger partial charge in [-0.05, 0) is 44.0 Å². The van der Waals surface area contributed by atoms with Crippen molar-refractivity contribution in [3.05, 3.63) is 24.3 Å². The third-order valence-corrected chi connectivity index (χ3v) is 5.06. The van der Waals surface area contributed by atoms with Gasteiger partial charge in [-0.1, -0.05) is 12.1 Å². The summed E-state index contributed by atoms with van der Waals surface area (Å²) in [6.07, 6.45) is 1.82. The molecular formula is C13H17F3N2O2S. The van der Waals surface area contributed by atoms with E-state index in [4.69, 9.17) is 0 Å². The summed E-state index contributed by atoms with van der Waals surface area (Å²) >= 11 is 0. The fourth-order valence-electron chi connectivity index (χ4n) is 2.34. The molecule has 2 N–H and O–H groups in total. The van der Waals surface area contributed by atoms with Gasteiger partial charge in [-0.15, -0.1) is 0 Å². The van der Waals surface area contributed by atoms with E-state index < -0.39 is 20.2 Å². The van der Waals surface area contributed by atoms with Crippen LogP contribution in [0, 0.1) is 5.92 Å². The average molecular weight is 322 g/mol. The summed E-state index contributed by atoms with van der Waals surface area (Å²) in [6.45, 7) is 2.28. The maximum Gasteiger partial charge on any atom is 0.501 e. The lowest BCUT2D eigenvalue weighted by Crippen LogP contribution is -2.24. The molecule has 4 nitrogen and oxygen atoms in total. The lowest BCUT2D eigenvalue weighted by Gasteiger charge is -2.15. The zero-order valence-electron chi connectivity index (χ0n) is 11.3. The molecule has 0 aromatic heterocycles. The molecule has 1 aromatic rings. The van der Waals surface area contributed by atoms with Crippen molar-refractivity contribution in [3.8, 4) is 0 Å². The van der Waals surface area contributed by atoms with Gasteiger partial charge in [0.05, 0.1) is 10.6 Å². The molecule has 0 amide bonds. The van der Waals surface area contributed by atoms with Gasteiger partial charge < -0.3 is 10.6 Å². The van der Waals surface area contributed by atoms with Crippen LogP contribution >= 0.6 is 0 Å². The lowest BCUT2D eigenvalue weighted by molar-refractivity contribution is -0.0435. The number of benzene rings is 1. The van der Waals surface area contributed by atoms with Crippen molar-refractivity contribution in [2.45, 2.75) is 23.2 Å². The number of anilines is 1. The Balaban J connectivity index is 2.10. The van der Waals surface area contributed by atoms with E-state index in [0.717, 1.165) is 32.0 Å². The molecular weight excluding hydrogens is 305 g/mol. The molecule has 0 spiro atoms. The fourth-order valence-corrected chi connectivity index (χ4v) is 3.28. The molecule has 1 heterocycles. The molecule has 1 aliphatic heterocycles. The van der Waals surface area contributed by atoms with Crippen LogP contribution in [0.25, 0.3) is 0 Å². The van der Waals surface area contributed by atoms with E-state index in [1.54, 1.807) is 0 Å². The zero-order chi connectivity index (χ0) is 15.5. The van der Waals surface area contributed by atoms with Crippen molar-refractivity contribution in [2.75, 3.05) is 25.0 Å². The molecule has 1 atom stereocenters. The number of para-hydroxylation sites is 1. The fraction of sp³-hybridized carbons (Fsp3) is 0.538. The van der Waals surface area contributed by atoms with Crippen LogP contribution in [0.4, 0.5) is 18.9 Å². The molecule has 1 unspecified atom stereocenters. The molecule has 21 heavy (non-hydrogen) atoms. The molecule has 1 aliphatic rings. The third kappa shape index (κ3) is 3.68. The Labute approximate surface area is 121 Å². The monoisotopic (exact) mass is 322 g/mol. The first-order valence-electron chi connectivity index (χ1n) is 6.67. The largest absolute Gasteiger partial charge is 0.501 e. The number of halogens is 3. The number of alkyl halides is 3. The smallest absolute Gasteiger partial charge is 0.384 e. The van der Waals surface area contributed by atoms with Gasteiger partial charge in [0, 0.05) is 6.54 Å². The Morgan fingerprint density at radius 1 is 1.29 bits per heavy atom. The van der Waals surface area contributed by atoms with Gasteiger partial charge in [0.1, 0.15) is 0 Å². The van der Waals surface area contributed by atoms with E-state index in [1.165, 1.54) is 18.2 Å². The van der Waals surface area contributed by atoms with Gasteiger partial charge in [-0.3, -0.25) is 0 Å². The van der Waals surface area contributed by atoms with Crippen molar-refractivity contribution in [2.24, 2.45) is 5.92 Å². The first-order chi connectivity index (χ1) is 9.82. The average Bonchev–Trinajstić information content (AvgIpc) is 2.91. The highest BCUT2D eigenvalue weighted by atomic mass is 32.2. The van der Waals surface area contributed by atoms with Crippen molar-refractivity contribution in [1.29, 1.82) is 0 Å². The predicted octanol–water partition coefficient (Wildman–Crippen LogP) is 2.39. The van der Waals surface area contributed by atoms with E-state index in [0.29, 0.717) is 12.5 Å². The van der Waals surface area contributed by atoms with Gasteiger partial charge in [-0.2, -0.15) is 13.2 Å². The zero-order valence-corrected chi connectivity index (χ0v) is 12.1. The van der Waals surface area contributed by atoms with Gasteiger partial charge in [-0.25, -0.2) is 8.42 Å². The summed E-state index contributed by atoms with van der Waals surface area (Å²) in [6, 6.07) is 5.12. The standard InChI is InChI=1S/C13H17F3N2O2S/c14-13(15,16)21(19,20)12-4-2-1-3-11(12)18-8-6-10-5-7-17-9-10/h1-4,10,17-18H,5-9H2. The van der Waals surface area contributed by atoms with Gasteiger partial charge in [0.2, 0.25) is 0 Å². The second kappa shape index (κ2) is 6.23. The summed E-state index contributed by atoms with van der Waals surface area (Å²) < 4.78 is 61.0. The van der Waals surface area contributed by atoms with Gasteiger partial charge in [0.25, 0.3) is 9.84 Å². The quantitative estimate of drug-likeness (QED) is 0.874. The molecule has 1 fully saturated rings. The summed E-state index contributed by atoms with van der Waals surface area (Å²) in [5.74, 6) is 0.476. The van der Waals surface area contributed by atoms with E-state index in [1.807, 2.05) is 0 Å². The molecule has 0 saturated carbocycles. The normalized spacial score (nSPS) is 19.7. The third-order valence-electron chi connectivity index (χ3n) is 3.51. The highest BCUT2D eigenvalue weighted by molar-refractivity contribution is 7.92. The van der Waals surface area contributed by atoms with Crippen LogP contribution in [0.15, 0.2) is 29.2 Å². The van der Waals surface area contributed by atoms with Crippen molar-refractivity contribution in [3.63, 3.8) is 0 Å². The summed E-state index contributed by atoms with van der Waals surface area (Å²) in [5, 5.41) is 6.02. The van der Waals surface area contributed by atoms with Gasteiger partial charge >= 0.3 is 5.51 Å². The summed E-state index contributed by atoms with van der Waals surface area (Å²) in [5.41, 5.74) is -5.29. The van der Waals surface area contributed by atoms with Crippen LogP contribution in [0.2, 0.25) is 0 Å². The second-order valence-electron chi connectivity index (χ2n) is 5.02. The molecule has 0 bridgehead atoms. The Kier molecular flexibility index (Phi) is 4.77. The Morgan fingerprint density at radius 3 is 2.62 bits per heavy atom. The van der Waals surface area contributed by atoms with E-state index in [9.17, 15) is 21.6 Å². The summed E-state index contributed by atoms with van der Waals surface area (Å²) in [4.78, 5) is -0.720. The molecule has 2 rings (SSSR count). The maximum atomic E-state index is 12.6. The van der Waals surface area contributed by atoms with Crippen LogP contribution in [0.5, 0.6) is 0 Å². The number of rotatable bonds is 5. The molecule has 118 valence electrons. The molecule has 1 aromatic carbocycles. The number of hydrogen-bond acceptors (Lipinski definition) is 4. The second-order valence-corrected chi connectivity index (χ2v) is 6.93. The first kappa shape index (κ1) is 16.1. The number of sulfone groups is 1. The number of hydrogen-bond donors (Lipinski definition) is 2. The predicted molar refractivity (Wildman–Crippen MR) is 73.8 cm³/mol. The summed E-state index contributed by atoms with van der Waals surface area (Å²) in [7, 11) is -5.33. The minimum atomic E-state index is -5.33. The minimum absolute atomic E-state index is 0.000723. The Morgan fingerprint density at radius 2 is 2.00 bits per heavy atom. The minimum Gasteiger partial charge on any atom is -0.384 e. The molecule has 8 heteroatoms. The molecule has 0 aliphatic carbocycles. The van der Waals surface area contributed by atoms with E-state index in [2.05, 4.69) is 10.6 Å². The molecule has 0 radical (unpaired) electrons. The van der Waals surface area contributed by atoms with E-state index >= 15 is 0 Å². The van der Waals surface area contributed by atoms with Crippen LogP contribution in [-0.2, 0) is 9.84 Å². The maximum absolute atomic E-state index is 12.6. The SMILES string of the molecule is O=S(=O)(c1ccccc1NCCC1CCNC1)C(F)(F)F. The van der Waals surface area contributed by atoms with Crippen molar-refractivity contribution >= 4 is 15.5 Å². The topological polar surface area (TPSA) is 58.2 Å². The number of nitrogens with one attached hydrogen (secondary N) is 2. The first-order valence-corrected chi connectivity index (χ1v) is 8.15. The molecule has 1 saturated heterocycles. The Bertz CT molecular complexity index is 581. The lowest BCUT2D eigenvalue weighted by atomic mass is 10.1.